The number of likely N-dealkylation sites (tertiary alicyclic amines) is 1. The average Bonchev–Trinajstić information content (AvgIpc) is 2.82. The van der Waals surface area contributed by atoms with Crippen molar-refractivity contribution in [2.75, 3.05) is 6.54 Å². The molecule has 1 atom stereocenters. The maximum atomic E-state index is 11.6. The fraction of sp³-hybridized carbons (Fsp3) is 0.545. The zero-order valence-electron chi connectivity index (χ0n) is 9.67. The molecule has 1 aromatic rings. The van der Waals surface area contributed by atoms with Gasteiger partial charge in [0, 0.05) is 26.2 Å². The summed E-state index contributed by atoms with van der Waals surface area (Å²) in [6.07, 6.45) is 5.00. The highest BCUT2D eigenvalue weighted by atomic mass is 16.4. The van der Waals surface area contributed by atoms with Crippen molar-refractivity contribution in [2.45, 2.75) is 25.3 Å². The molecule has 6 nitrogen and oxygen atoms in total. The van der Waals surface area contributed by atoms with Crippen molar-refractivity contribution in [3.8, 4) is 0 Å². The number of carboxylic acids is 1. The van der Waals surface area contributed by atoms with Gasteiger partial charge in [0.1, 0.15) is 6.04 Å². The minimum atomic E-state index is -0.915. The van der Waals surface area contributed by atoms with Crippen LogP contribution in [-0.4, -0.2) is 44.3 Å². The van der Waals surface area contributed by atoms with Gasteiger partial charge in [-0.1, -0.05) is 0 Å². The van der Waals surface area contributed by atoms with Crippen molar-refractivity contribution in [1.29, 1.82) is 0 Å². The summed E-state index contributed by atoms with van der Waals surface area (Å²) in [4.78, 5) is 24.0. The zero-order chi connectivity index (χ0) is 12.4. The van der Waals surface area contributed by atoms with E-state index in [1.54, 1.807) is 10.9 Å². The number of carbonyl (C=O) groups excluding carboxylic acids is 1. The number of amides is 1. The van der Waals surface area contributed by atoms with E-state index in [2.05, 4.69) is 5.10 Å². The third kappa shape index (κ3) is 2.46. The summed E-state index contributed by atoms with van der Waals surface area (Å²) in [5, 5.41) is 13.0. The van der Waals surface area contributed by atoms with Gasteiger partial charge in [0.15, 0.2) is 0 Å². The molecule has 0 saturated carbocycles. The predicted octanol–water partition coefficient (Wildman–Crippen LogP) is 0.0382. The molecular weight excluding hydrogens is 222 g/mol. The van der Waals surface area contributed by atoms with Crippen LogP contribution in [0.1, 0.15) is 18.4 Å². The number of hydrogen-bond donors (Lipinski definition) is 1. The Morgan fingerprint density at radius 2 is 2.41 bits per heavy atom. The van der Waals surface area contributed by atoms with Gasteiger partial charge in [-0.2, -0.15) is 5.10 Å². The Bertz CT molecular complexity index is 441. The van der Waals surface area contributed by atoms with E-state index in [1.165, 1.54) is 4.90 Å². The molecule has 17 heavy (non-hydrogen) atoms. The molecule has 1 aromatic heterocycles. The first-order valence-corrected chi connectivity index (χ1v) is 5.57. The molecule has 1 aliphatic heterocycles. The molecule has 2 rings (SSSR count). The van der Waals surface area contributed by atoms with E-state index in [1.807, 2.05) is 13.2 Å². The van der Waals surface area contributed by atoms with Crippen LogP contribution in [0.15, 0.2) is 12.4 Å². The highest BCUT2D eigenvalue weighted by molar-refractivity contribution is 5.87. The van der Waals surface area contributed by atoms with Crippen LogP contribution >= 0.6 is 0 Å². The van der Waals surface area contributed by atoms with Gasteiger partial charge >= 0.3 is 5.97 Å². The van der Waals surface area contributed by atoms with Gasteiger partial charge in [0.05, 0.1) is 6.20 Å². The number of aromatic nitrogens is 2. The number of hydrogen-bond acceptors (Lipinski definition) is 3. The summed E-state index contributed by atoms with van der Waals surface area (Å²) in [6, 6.07) is -0.654. The van der Waals surface area contributed by atoms with E-state index in [4.69, 9.17) is 5.11 Å². The van der Waals surface area contributed by atoms with Crippen LogP contribution in [0, 0.1) is 0 Å². The Labute approximate surface area is 98.8 Å². The Balaban J connectivity index is 1.97. The Morgan fingerprint density at radius 3 is 3.00 bits per heavy atom. The third-order valence-electron chi connectivity index (χ3n) is 3.01. The Morgan fingerprint density at radius 1 is 1.65 bits per heavy atom. The van der Waals surface area contributed by atoms with Crippen LogP contribution in [0.25, 0.3) is 0 Å². The van der Waals surface area contributed by atoms with Crippen LogP contribution in [0.2, 0.25) is 0 Å². The van der Waals surface area contributed by atoms with E-state index in [0.717, 1.165) is 5.56 Å². The number of carbonyl (C=O) groups is 2. The average molecular weight is 237 g/mol. The second-order valence-electron chi connectivity index (χ2n) is 4.25. The number of aryl methyl sites for hydroxylation is 1. The molecular formula is C11H15N3O3. The molecule has 1 saturated heterocycles. The lowest BCUT2D eigenvalue weighted by atomic mass is 10.2. The molecule has 92 valence electrons. The van der Waals surface area contributed by atoms with Gasteiger partial charge in [-0.15, -0.1) is 0 Å². The minimum absolute atomic E-state index is 0.0682. The maximum absolute atomic E-state index is 11.6. The van der Waals surface area contributed by atoms with Crippen molar-refractivity contribution >= 4 is 11.9 Å². The van der Waals surface area contributed by atoms with Crippen LogP contribution in [-0.2, 0) is 23.1 Å². The first-order valence-electron chi connectivity index (χ1n) is 5.57. The van der Waals surface area contributed by atoms with Crippen molar-refractivity contribution in [3.05, 3.63) is 18.0 Å². The number of carboxylic acid groups (broad SMARTS) is 1. The smallest absolute Gasteiger partial charge is 0.326 e. The number of rotatable bonds is 4. The van der Waals surface area contributed by atoms with Gasteiger partial charge in [-0.05, 0) is 18.4 Å². The summed E-state index contributed by atoms with van der Waals surface area (Å²) in [5.41, 5.74) is 1.01. The fourth-order valence-corrected chi connectivity index (χ4v) is 2.12. The van der Waals surface area contributed by atoms with Crippen LogP contribution in [0.5, 0.6) is 0 Å². The van der Waals surface area contributed by atoms with Gasteiger partial charge in [-0.25, -0.2) is 4.79 Å². The van der Waals surface area contributed by atoms with E-state index < -0.39 is 12.0 Å². The second kappa shape index (κ2) is 4.57. The molecule has 1 N–H and O–H groups in total. The molecule has 1 unspecified atom stereocenters. The molecule has 0 spiro atoms. The predicted molar refractivity (Wildman–Crippen MR) is 59.3 cm³/mol. The maximum Gasteiger partial charge on any atom is 0.326 e. The number of aliphatic carboxylic acids is 1. The Hall–Kier alpha value is -1.85. The minimum Gasteiger partial charge on any atom is -0.480 e. The molecule has 2 heterocycles. The van der Waals surface area contributed by atoms with Gasteiger partial charge in [0.25, 0.3) is 0 Å². The van der Waals surface area contributed by atoms with Gasteiger partial charge in [-0.3, -0.25) is 9.48 Å². The van der Waals surface area contributed by atoms with E-state index in [-0.39, 0.29) is 5.91 Å². The third-order valence-corrected chi connectivity index (χ3v) is 3.01. The lowest BCUT2D eigenvalue weighted by Gasteiger charge is -2.20. The van der Waals surface area contributed by atoms with Crippen LogP contribution < -0.4 is 0 Å². The Kier molecular flexibility index (Phi) is 3.12. The van der Waals surface area contributed by atoms with Crippen molar-refractivity contribution in [3.63, 3.8) is 0 Å². The normalized spacial score (nSPS) is 19.9. The molecule has 6 heteroatoms. The van der Waals surface area contributed by atoms with Gasteiger partial charge in [0.2, 0.25) is 5.91 Å². The van der Waals surface area contributed by atoms with E-state index >= 15 is 0 Å². The number of nitrogens with zero attached hydrogens (tertiary/aromatic N) is 3. The lowest BCUT2D eigenvalue weighted by Crippen LogP contribution is -2.39. The monoisotopic (exact) mass is 237 g/mol. The van der Waals surface area contributed by atoms with E-state index in [0.29, 0.717) is 25.8 Å². The van der Waals surface area contributed by atoms with Crippen molar-refractivity contribution in [2.24, 2.45) is 7.05 Å². The fourth-order valence-electron chi connectivity index (χ4n) is 2.12. The standard InChI is InChI=1S/C11H15N3O3/c1-13-7-8(6-12-13)4-5-14-9(11(16)17)2-3-10(14)15/h6-7,9H,2-5H2,1H3,(H,16,17). The van der Waals surface area contributed by atoms with Gasteiger partial charge < -0.3 is 10.0 Å². The van der Waals surface area contributed by atoms with Crippen LogP contribution in [0.3, 0.4) is 0 Å². The summed E-state index contributed by atoms with van der Waals surface area (Å²) >= 11 is 0. The largest absolute Gasteiger partial charge is 0.480 e. The molecule has 1 aliphatic rings. The molecule has 1 fully saturated rings. The summed E-state index contributed by atoms with van der Waals surface area (Å²) in [7, 11) is 1.82. The quantitative estimate of drug-likeness (QED) is 0.802. The van der Waals surface area contributed by atoms with E-state index in [9.17, 15) is 9.59 Å². The second-order valence-corrected chi connectivity index (χ2v) is 4.25. The molecule has 1 amide bonds. The molecule has 0 bridgehead atoms. The zero-order valence-corrected chi connectivity index (χ0v) is 9.67. The highest BCUT2D eigenvalue weighted by Gasteiger charge is 2.35. The molecule has 0 radical (unpaired) electrons. The van der Waals surface area contributed by atoms with Crippen LogP contribution in [0.4, 0.5) is 0 Å². The summed E-state index contributed by atoms with van der Waals surface area (Å²) < 4.78 is 1.69. The topological polar surface area (TPSA) is 75.4 Å². The van der Waals surface area contributed by atoms with Crippen molar-refractivity contribution < 1.29 is 14.7 Å². The SMILES string of the molecule is Cn1cc(CCN2C(=O)CCC2C(=O)O)cn1. The first kappa shape index (κ1) is 11.6. The highest BCUT2D eigenvalue weighted by Crippen LogP contribution is 2.19. The summed E-state index contributed by atoms with van der Waals surface area (Å²) in [6.45, 7) is 0.446. The first-order chi connectivity index (χ1) is 8.08. The van der Waals surface area contributed by atoms with Crippen molar-refractivity contribution in [1.82, 2.24) is 14.7 Å². The molecule has 0 aliphatic carbocycles. The molecule has 0 aromatic carbocycles. The lowest BCUT2D eigenvalue weighted by molar-refractivity contribution is -0.146. The summed E-state index contributed by atoms with van der Waals surface area (Å²) in [5.74, 6) is -0.983.